The summed E-state index contributed by atoms with van der Waals surface area (Å²) in [6, 6.07) is 5.67. The Morgan fingerprint density at radius 1 is 1.08 bits per heavy atom. The van der Waals surface area contributed by atoms with Crippen LogP contribution in [0.5, 0.6) is 11.5 Å². The summed E-state index contributed by atoms with van der Waals surface area (Å²) >= 11 is 0. The molecule has 2 aliphatic rings. The highest BCUT2D eigenvalue weighted by molar-refractivity contribution is 6.05. The molecule has 5 nitrogen and oxygen atoms in total. The first-order valence-electron chi connectivity index (χ1n) is 8.27. The van der Waals surface area contributed by atoms with Crippen molar-refractivity contribution in [1.29, 1.82) is 0 Å². The van der Waals surface area contributed by atoms with Crippen LogP contribution in [0.4, 0.5) is 0 Å². The van der Waals surface area contributed by atoms with Crippen LogP contribution in [-0.4, -0.2) is 37.5 Å². The third kappa shape index (κ3) is 2.90. The van der Waals surface area contributed by atoms with Gasteiger partial charge in [-0.05, 0) is 43.9 Å². The number of benzene rings is 1. The van der Waals surface area contributed by atoms with E-state index in [9.17, 15) is 9.59 Å². The van der Waals surface area contributed by atoms with Crippen molar-refractivity contribution < 1.29 is 19.1 Å². The van der Waals surface area contributed by atoms with Gasteiger partial charge >= 0.3 is 0 Å². The average molecular weight is 329 g/mol. The number of amides is 2. The van der Waals surface area contributed by atoms with Crippen LogP contribution >= 0.6 is 0 Å². The Balaban J connectivity index is 1.69. The molecule has 5 heteroatoms. The molecular formula is C19H23NO4. The summed E-state index contributed by atoms with van der Waals surface area (Å²) in [6.45, 7) is 2.44. The molecule has 0 bridgehead atoms. The van der Waals surface area contributed by atoms with Crippen LogP contribution in [0, 0.1) is 11.8 Å². The normalized spacial score (nSPS) is 23.1. The molecule has 24 heavy (non-hydrogen) atoms. The molecule has 0 N–H and O–H groups in total. The summed E-state index contributed by atoms with van der Waals surface area (Å²) in [5, 5.41) is 0. The Hall–Kier alpha value is -2.30. The molecule has 128 valence electrons. The second-order valence-corrected chi connectivity index (χ2v) is 6.47. The lowest BCUT2D eigenvalue weighted by Crippen LogP contribution is -2.33. The summed E-state index contributed by atoms with van der Waals surface area (Å²) in [6.07, 6.45) is 4.10. The van der Waals surface area contributed by atoms with E-state index in [0.717, 1.165) is 5.56 Å². The van der Waals surface area contributed by atoms with Gasteiger partial charge in [0.25, 0.3) is 0 Å². The number of nitrogens with zero attached hydrogens (tertiary/aromatic N) is 1. The number of ether oxygens (including phenoxy) is 2. The van der Waals surface area contributed by atoms with E-state index in [4.69, 9.17) is 9.47 Å². The minimum atomic E-state index is -0.161. The molecule has 0 saturated carbocycles. The van der Waals surface area contributed by atoms with Gasteiger partial charge in [-0.3, -0.25) is 14.5 Å². The fourth-order valence-corrected chi connectivity index (χ4v) is 3.60. The summed E-state index contributed by atoms with van der Waals surface area (Å²) in [4.78, 5) is 26.5. The van der Waals surface area contributed by atoms with Gasteiger partial charge in [0.15, 0.2) is 11.5 Å². The van der Waals surface area contributed by atoms with Crippen molar-refractivity contribution in [1.82, 2.24) is 4.90 Å². The third-order valence-corrected chi connectivity index (χ3v) is 4.99. The zero-order chi connectivity index (χ0) is 17.3. The maximum Gasteiger partial charge on any atom is 0.233 e. The minimum Gasteiger partial charge on any atom is -0.493 e. The summed E-state index contributed by atoms with van der Waals surface area (Å²) in [7, 11) is 3.19. The van der Waals surface area contributed by atoms with E-state index >= 15 is 0 Å². The number of fused-ring (bicyclic) bond motifs is 1. The Kier molecular flexibility index (Phi) is 4.60. The Morgan fingerprint density at radius 2 is 1.79 bits per heavy atom. The summed E-state index contributed by atoms with van der Waals surface area (Å²) in [5.74, 6) is 0.969. The molecule has 2 atom stereocenters. The van der Waals surface area contributed by atoms with Crippen molar-refractivity contribution in [2.24, 2.45) is 11.8 Å². The molecule has 1 aliphatic carbocycles. The van der Waals surface area contributed by atoms with Crippen LogP contribution in [-0.2, 0) is 16.0 Å². The lowest BCUT2D eigenvalue weighted by molar-refractivity contribution is -0.139. The highest BCUT2D eigenvalue weighted by Crippen LogP contribution is 2.37. The Bertz CT molecular complexity index is 695. The van der Waals surface area contributed by atoms with Crippen molar-refractivity contribution in [3.8, 4) is 11.5 Å². The number of rotatable bonds is 5. The SMILES string of the molecule is COc1ccc(CCN2C(=O)[C@H]3CC(C)=CC[C@H]3C2=O)cc1OC. The van der Waals surface area contributed by atoms with Gasteiger partial charge in [0.1, 0.15) is 0 Å². The first-order chi connectivity index (χ1) is 11.5. The largest absolute Gasteiger partial charge is 0.493 e. The van der Waals surface area contributed by atoms with Crippen molar-refractivity contribution in [2.75, 3.05) is 20.8 Å². The van der Waals surface area contributed by atoms with Crippen LogP contribution < -0.4 is 9.47 Å². The van der Waals surface area contributed by atoms with Crippen LogP contribution in [0.2, 0.25) is 0 Å². The molecule has 1 aromatic carbocycles. The smallest absolute Gasteiger partial charge is 0.233 e. The minimum absolute atomic E-state index is 0.0158. The van der Waals surface area contributed by atoms with Crippen LogP contribution in [0.15, 0.2) is 29.8 Å². The fraction of sp³-hybridized carbons (Fsp3) is 0.474. The molecule has 2 amide bonds. The molecule has 1 saturated heterocycles. The summed E-state index contributed by atoms with van der Waals surface area (Å²) in [5.41, 5.74) is 2.22. The number of methoxy groups -OCH3 is 2. The van der Waals surface area contributed by atoms with E-state index in [2.05, 4.69) is 6.08 Å². The second-order valence-electron chi connectivity index (χ2n) is 6.47. The second kappa shape index (κ2) is 6.67. The number of carbonyl (C=O) groups excluding carboxylic acids is 2. The molecule has 3 rings (SSSR count). The molecule has 1 aliphatic heterocycles. The number of carbonyl (C=O) groups is 2. The standard InChI is InChI=1S/C19H23NO4/c1-12-4-6-14-15(10-12)19(22)20(18(14)21)9-8-13-5-7-16(23-2)17(11-13)24-3/h4-5,7,11,14-15H,6,8-10H2,1-3H3/t14-,15+/m1/s1. The van der Waals surface area contributed by atoms with E-state index in [1.54, 1.807) is 14.2 Å². The van der Waals surface area contributed by atoms with E-state index in [1.165, 1.54) is 10.5 Å². The monoisotopic (exact) mass is 329 g/mol. The first-order valence-corrected chi connectivity index (χ1v) is 8.27. The van der Waals surface area contributed by atoms with Crippen molar-refractivity contribution >= 4 is 11.8 Å². The van der Waals surface area contributed by atoms with E-state index in [-0.39, 0.29) is 23.7 Å². The van der Waals surface area contributed by atoms with Gasteiger partial charge in [-0.25, -0.2) is 0 Å². The number of allylic oxidation sites excluding steroid dienone is 2. The highest BCUT2D eigenvalue weighted by atomic mass is 16.5. The highest BCUT2D eigenvalue weighted by Gasteiger charge is 2.47. The molecule has 0 aromatic heterocycles. The Morgan fingerprint density at radius 3 is 2.50 bits per heavy atom. The number of likely N-dealkylation sites (tertiary alicyclic amines) is 1. The Labute approximate surface area is 142 Å². The molecule has 1 heterocycles. The van der Waals surface area contributed by atoms with Gasteiger partial charge in [0, 0.05) is 6.54 Å². The number of hydrogen-bond donors (Lipinski definition) is 0. The van der Waals surface area contributed by atoms with Crippen LogP contribution in [0.3, 0.4) is 0 Å². The quantitative estimate of drug-likeness (QED) is 0.615. The molecule has 1 fully saturated rings. The van der Waals surface area contributed by atoms with E-state index in [1.807, 2.05) is 25.1 Å². The predicted octanol–water partition coefficient (Wildman–Crippen LogP) is 2.59. The van der Waals surface area contributed by atoms with Crippen molar-refractivity contribution in [3.63, 3.8) is 0 Å². The van der Waals surface area contributed by atoms with Crippen molar-refractivity contribution in [2.45, 2.75) is 26.2 Å². The van der Waals surface area contributed by atoms with Gasteiger partial charge < -0.3 is 9.47 Å². The lowest BCUT2D eigenvalue weighted by Gasteiger charge is -2.19. The van der Waals surface area contributed by atoms with Gasteiger partial charge in [-0.2, -0.15) is 0 Å². The molecular weight excluding hydrogens is 306 g/mol. The topological polar surface area (TPSA) is 55.8 Å². The van der Waals surface area contributed by atoms with Gasteiger partial charge in [-0.1, -0.05) is 17.7 Å². The van der Waals surface area contributed by atoms with E-state index < -0.39 is 0 Å². The van der Waals surface area contributed by atoms with Gasteiger partial charge in [-0.15, -0.1) is 0 Å². The zero-order valence-corrected chi connectivity index (χ0v) is 14.4. The van der Waals surface area contributed by atoms with Crippen molar-refractivity contribution in [3.05, 3.63) is 35.4 Å². The van der Waals surface area contributed by atoms with E-state index in [0.29, 0.717) is 37.3 Å². The molecule has 1 aromatic rings. The van der Waals surface area contributed by atoms with Gasteiger partial charge in [0.2, 0.25) is 11.8 Å². The third-order valence-electron chi connectivity index (χ3n) is 4.99. The zero-order valence-electron chi connectivity index (χ0n) is 14.4. The molecule has 0 unspecified atom stereocenters. The average Bonchev–Trinajstić information content (AvgIpc) is 2.83. The summed E-state index contributed by atoms with van der Waals surface area (Å²) < 4.78 is 10.5. The fourth-order valence-electron chi connectivity index (χ4n) is 3.60. The van der Waals surface area contributed by atoms with Crippen LogP contribution in [0.25, 0.3) is 0 Å². The molecule has 0 radical (unpaired) electrons. The molecule has 0 spiro atoms. The maximum absolute atomic E-state index is 12.6. The van der Waals surface area contributed by atoms with Gasteiger partial charge in [0.05, 0.1) is 26.1 Å². The number of hydrogen-bond acceptors (Lipinski definition) is 4. The predicted molar refractivity (Wildman–Crippen MR) is 89.9 cm³/mol. The number of imide groups is 1. The van der Waals surface area contributed by atoms with Crippen LogP contribution in [0.1, 0.15) is 25.3 Å². The maximum atomic E-state index is 12.6. The first kappa shape index (κ1) is 16.6. The lowest BCUT2D eigenvalue weighted by atomic mass is 9.82.